The number of anilines is 1. The molecule has 1 unspecified atom stereocenters. The zero-order chi connectivity index (χ0) is 14.4. The fourth-order valence-electron chi connectivity index (χ4n) is 1.47. The van der Waals surface area contributed by atoms with Crippen molar-refractivity contribution in [1.29, 1.82) is 0 Å². The number of carbonyl (C=O) groups is 1. The van der Waals surface area contributed by atoms with Gasteiger partial charge in [0.2, 0.25) is 0 Å². The van der Waals surface area contributed by atoms with Crippen molar-refractivity contribution in [2.24, 2.45) is 0 Å². The van der Waals surface area contributed by atoms with E-state index in [4.69, 9.17) is 0 Å². The van der Waals surface area contributed by atoms with Crippen LogP contribution < -0.4 is 10.6 Å². The van der Waals surface area contributed by atoms with Gasteiger partial charge in [0.25, 0.3) is 5.91 Å². The smallest absolute Gasteiger partial charge is 0.251 e. The van der Waals surface area contributed by atoms with Gasteiger partial charge in [-0.05, 0) is 12.1 Å². The van der Waals surface area contributed by atoms with Gasteiger partial charge < -0.3 is 10.6 Å². The van der Waals surface area contributed by atoms with E-state index in [1.54, 1.807) is 6.92 Å². The average Bonchev–Trinajstić information content (AvgIpc) is 2.37. The molecule has 0 saturated carbocycles. The second kappa shape index (κ2) is 7.18. The summed E-state index contributed by atoms with van der Waals surface area (Å²) in [6.45, 7) is 1.98. The summed E-state index contributed by atoms with van der Waals surface area (Å²) in [4.78, 5) is 11.7. The molecule has 0 aliphatic heterocycles. The Hall–Kier alpha value is -1.50. The first-order valence-electron chi connectivity index (χ1n) is 5.79. The molecule has 7 heteroatoms. The fourth-order valence-corrected chi connectivity index (χ4v) is 2.09. The molecule has 1 amide bonds. The van der Waals surface area contributed by atoms with Crippen molar-refractivity contribution in [3.63, 3.8) is 0 Å². The van der Waals surface area contributed by atoms with Gasteiger partial charge in [-0.2, -0.15) is 0 Å². The first-order chi connectivity index (χ1) is 8.99. The Labute approximate surface area is 113 Å². The Morgan fingerprint density at radius 1 is 1.32 bits per heavy atom. The molecule has 2 N–H and O–H groups in total. The van der Waals surface area contributed by atoms with Crippen LogP contribution in [0, 0.1) is 11.6 Å². The molecule has 4 nitrogen and oxygen atoms in total. The van der Waals surface area contributed by atoms with Crippen LogP contribution in [-0.2, 0) is 10.8 Å². The summed E-state index contributed by atoms with van der Waals surface area (Å²) in [6.07, 6.45) is 0. The molecule has 106 valence electrons. The second-order valence-corrected chi connectivity index (χ2v) is 5.62. The highest BCUT2D eigenvalue weighted by molar-refractivity contribution is 7.84. The third-order valence-corrected chi connectivity index (χ3v) is 3.79. The summed E-state index contributed by atoms with van der Waals surface area (Å²) in [7, 11) is 0.404. The van der Waals surface area contributed by atoms with Crippen LogP contribution in [0.2, 0.25) is 0 Å². The molecule has 0 fully saturated rings. The van der Waals surface area contributed by atoms with Gasteiger partial charge in [-0.25, -0.2) is 8.78 Å². The van der Waals surface area contributed by atoms with Gasteiger partial charge in [-0.15, -0.1) is 0 Å². The molecule has 0 bridgehead atoms. The quantitative estimate of drug-likeness (QED) is 0.835. The van der Waals surface area contributed by atoms with E-state index in [1.165, 1.54) is 7.05 Å². The van der Waals surface area contributed by atoms with Crippen molar-refractivity contribution >= 4 is 22.4 Å². The topological polar surface area (TPSA) is 58.2 Å². The monoisotopic (exact) mass is 290 g/mol. The van der Waals surface area contributed by atoms with Gasteiger partial charge in [0.1, 0.15) is 17.3 Å². The molecule has 0 saturated heterocycles. The lowest BCUT2D eigenvalue weighted by Crippen LogP contribution is -2.28. The van der Waals surface area contributed by atoms with Crippen LogP contribution >= 0.6 is 0 Å². The van der Waals surface area contributed by atoms with E-state index >= 15 is 0 Å². The number of benzene rings is 1. The minimum absolute atomic E-state index is 0.101. The maximum Gasteiger partial charge on any atom is 0.251 e. The Morgan fingerprint density at radius 2 is 1.89 bits per heavy atom. The lowest BCUT2D eigenvalue weighted by molar-refractivity contribution is 0.0955. The van der Waals surface area contributed by atoms with Crippen LogP contribution in [0.25, 0.3) is 0 Å². The summed E-state index contributed by atoms with van der Waals surface area (Å²) >= 11 is 0. The van der Waals surface area contributed by atoms with E-state index in [1.807, 2.05) is 0 Å². The molecule has 0 radical (unpaired) electrons. The summed E-state index contributed by atoms with van der Waals surface area (Å²) < 4.78 is 38.0. The summed E-state index contributed by atoms with van der Waals surface area (Å²) in [5.41, 5.74) is -0.375. The first kappa shape index (κ1) is 15.6. The van der Waals surface area contributed by atoms with Crippen molar-refractivity contribution in [1.82, 2.24) is 5.32 Å². The van der Waals surface area contributed by atoms with Crippen LogP contribution in [0.5, 0.6) is 0 Å². The second-order valence-electron chi connectivity index (χ2n) is 3.75. The number of hydrogen-bond acceptors (Lipinski definition) is 3. The standard InChI is InChI=1S/C12H16F2N2O2S/c1-3-19(18)5-4-16-12(17)8-6-9(13)11(15-2)10(14)7-8/h6-7,15H,3-5H2,1-2H3,(H,16,17). The molecule has 1 aromatic carbocycles. The van der Waals surface area contributed by atoms with Gasteiger partial charge in [0, 0.05) is 41.5 Å². The van der Waals surface area contributed by atoms with Crippen LogP contribution in [-0.4, -0.2) is 35.2 Å². The van der Waals surface area contributed by atoms with Gasteiger partial charge in [-0.1, -0.05) is 6.92 Å². The number of amides is 1. The molecule has 0 spiro atoms. The Morgan fingerprint density at radius 3 is 2.37 bits per heavy atom. The highest BCUT2D eigenvalue weighted by Crippen LogP contribution is 2.19. The highest BCUT2D eigenvalue weighted by Gasteiger charge is 2.14. The van der Waals surface area contributed by atoms with E-state index in [9.17, 15) is 17.8 Å². The largest absolute Gasteiger partial charge is 0.383 e. The van der Waals surface area contributed by atoms with E-state index in [0.717, 1.165) is 12.1 Å². The molecule has 0 heterocycles. The molecule has 1 rings (SSSR count). The Kier molecular flexibility index (Phi) is 5.88. The predicted octanol–water partition coefficient (Wildman–Crippen LogP) is 1.50. The number of nitrogens with one attached hydrogen (secondary N) is 2. The molecule has 1 aromatic rings. The zero-order valence-electron chi connectivity index (χ0n) is 10.8. The predicted molar refractivity (Wildman–Crippen MR) is 71.8 cm³/mol. The maximum absolute atomic E-state index is 13.4. The van der Waals surface area contributed by atoms with Crippen molar-refractivity contribution in [3.05, 3.63) is 29.3 Å². The zero-order valence-corrected chi connectivity index (χ0v) is 11.6. The molecule has 0 aromatic heterocycles. The van der Waals surface area contributed by atoms with Gasteiger partial charge in [0.15, 0.2) is 0 Å². The van der Waals surface area contributed by atoms with Crippen molar-refractivity contribution in [2.75, 3.05) is 30.4 Å². The summed E-state index contributed by atoms with van der Waals surface area (Å²) in [5, 5.41) is 4.84. The van der Waals surface area contributed by atoms with Crippen molar-refractivity contribution in [3.8, 4) is 0 Å². The van der Waals surface area contributed by atoms with Gasteiger partial charge >= 0.3 is 0 Å². The van der Waals surface area contributed by atoms with E-state index in [-0.39, 0.29) is 17.8 Å². The molecule has 1 atom stereocenters. The SMILES string of the molecule is CCS(=O)CCNC(=O)c1cc(F)c(NC)c(F)c1. The third kappa shape index (κ3) is 4.27. The number of rotatable bonds is 6. The Bertz CT molecular complexity index is 472. The van der Waals surface area contributed by atoms with E-state index in [0.29, 0.717) is 11.5 Å². The summed E-state index contributed by atoms with van der Waals surface area (Å²) in [5.74, 6) is -1.42. The van der Waals surface area contributed by atoms with Gasteiger partial charge in [-0.3, -0.25) is 9.00 Å². The lowest BCUT2D eigenvalue weighted by atomic mass is 10.1. The van der Waals surface area contributed by atoms with Crippen LogP contribution in [0.3, 0.4) is 0 Å². The van der Waals surface area contributed by atoms with Crippen LogP contribution in [0.4, 0.5) is 14.5 Å². The lowest BCUT2D eigenvalue weighted by Gasteiger charge is -2.08. The van der Waals surface area contributed by atoms with Crippen molar-refractivity contribution in [2.45, 2.75) is 6.92 Å². The molecule has 0 aliphatic carbocycles. The number of halogens is 2. The third-order valence-electron chi connectivity index (χ3n) is 2.49. The minimum atomic E-state index is -0.987. The van der Waals surface area contributed by atoms with E-state index in [2.05, 4.69) is 10.6 Å². The average molecular weight is 290 g/mol. The molecular formula is C12H16F2N2O2S. The summed E-state index contributed by atoms with van der Waals surface area (Å²) in [6, 6.07) is 1.92. The normalized spacial score (nSPS) is 12.0. The van der Waals surface area contributed by atoms with Gasteiger partial charge in [0.05, 0.1) is 0 Å². The number of carbonyl (C=O) groups excluding carboxylic acids is 1. The fraction of sp³-hybridized carbons (Fsp3) is 0.417. The van der Waals surface area contributed by atoms with Crippen LogP contribution in [0.15, 0.2) is 12.1 Å². The first-order valence-corrected chi connectivity index (χ1v) is 7.28. The molecular weight excluding hydrogens is 274 g/mol. The molecule has 19 heavy (non-hydrogen) atoms. The van der Waals surface area contributed by atoms with Crippen LogP contribution in [0.1, 0.15) is 17.3 Å². The minimum Gasteiger partial charge on any atom is -0.383 e. The highest BCUT2D eigenvalue weighted by atomic mass is 32.2. The van der Waals surface area contributed by atoms with Crippen molar-refractivity contribution < 1.29 is 17.8 Å². The number of hydrogen-bond donors (Lipinski definition) is 2. The Balaban J connectivity index is 2.70. The maximum atomic E-state index is 13.4. The van der Waals surface area contributed by atoms with E-state index < -0.39 is 28.3 Å². The molecule has 0 aliphatic rings.